The van der Waals surface area contributed by atoms with E-state index >= 15 is 0 Å². The zero-order valence-electron chi connectivity index (χ0n) is 9.61. The Morgan fingerprint density at radius 1 is 1.50 bits per heavy atom. The molecule has 0 aliphatic heterocycles. The fraction of sp³-hybridized carbons (Fsp3) is 0.333. The van der Waals surface area contributed by atoms with Gasteiger partial charge in [0, 0.05) is 5.56 Å². The topological polar surface area (TPSA) is 70.3 Å². The van der Waals surface area contributed by atoms with Crippen LogP contribution in [0.3, 0.4) is 0 Å². The highest BCUT2D eigenvalue weighted by molar-refractivity contribution is 5.73. The number of nitriles is 1. The summed E-state index contributed by atoms with van der Waals surface area (Å²) in [4.78, 5) is 10.7. The lowest BCUT2D eigenvalue weighted by atomic mass is 9.96. The second-order valence-corrected chi connectivity index (χ2v) is 3.48. The first-order valence-corrected chi connectivity index (χ1v) is 5.21. The maximum Gasteiger partial charge on any atom is 0.387 e. The van der Waals surface area contributed by atoms with Gasteiger partial charge in [-0.25, -0.2) is 0 Å². The van der Waals surface area contributed by atoms with Crippen molar-refractivity contribution in [1.29, 1.82) is 5.26 Å². The van der Waals surface area contributed by atoms with Gasteiger partial charge in [-0.15, -0.1) is 0 Å². The average Bonchev–Trinajstić information content (AvgIpc) is 2.29. The number of carboxylic acid groups (broad SMARTS) is 1. The summed E-state index contributed by atoms with van der Waals surface area (Å²) in [6.45, 7) is -1.32. The molecule has 0 amide bonds. The number of rotatable bonds is 5. The Morgan fingerprint density at radius 2 is 2.17 bits per heavy atom. The summed E-state index contributed by atoms with van der Waals surface area (Å²) in [5, 5.41) is 17.7. The number of halogens is 2. The monoisotopic (exact) mass is 255 g/mol. The van der Waals surface area contributed by atoms with Crippen molar-refractivity contribution in [3.63, 3.8) is 0 Å². The molecule has 4 nitrogen and oxygen atoms in total. The summed E-state index contributed by atoms with van der Waals surface area (Å²) in [5.41, 5.74) is 0.831. The predicted molar refractivity (Wildman–Crippen MR) is 58.5 cm³/mol. The number of benzene rings is 1. The molecule has 0 spiro atoms. The second-order valence-electron chi connectivity index (χ2n) is 3.48. The second kappa shape index (κ2) is 5.96. The van der Waals surface area contributed by atoms with Crippen LogP contribution in [0.1, 0.15) is 23.6 Å². The van der Waals surface area contributed by atoms with Crippen molar-refractivity contribution in [1.82, 2.24) is 0 Å². The molecule has 0 atom stereocenters. The van der Waals surface area contributed by atoms with E-state index < -0.39 is 19.0 Å². The molecule has 0 aliphatic rings. The van der Waals surface area contributed by atoms with Gasteiger partial charge < -0.3 is 9.84 Å². The molecule has 0 heterocycles. The normalized spacial score (nSPS) is 10.2. The number of hydrogen-bond donors (Lipinski definition) is 1. The van der Waals surface area contributed by atoms with Crippen molar-refractivity contribution < 1.29 is 23.4 Å². The fourth-order valence-electron chi connectivity index (χ4n) is 1.73. The van der Waals surface area contributed by atoms with Crippen molar-refractivity contribution in [3.05, 3.63) is 28.8 Å². The maximum absolute atomic E-state index is 12.2. The number of ether oxygens (including phenoxy) is 1. The SMILES string of the molecule is CCc1c(C#N)ccc(OC(F)F)c1CC(=O)O. The predicted octanol–water partition coefficient (Wildman–Crippen LogP) is 2.35. The van der Waals surface area contributed by atoms with Gasteiger partial charge in [0.2, 0.25) is 0 Å². The quantitative estimate of drug-likeness (QED) is 0.876. The smallest absolute Gasteiger partial charge is 0.387 e. The molecular formula is C12H11F2NO3. The third-order valence-electron chi connectivity index (χ3n) is 2.41. The van der Waals surface area contributed by atoms with Gasteiger partial charge in [0.15, 0.2) is 0 Å². The van der Waals surface area contributed by atoms with Crippen LogP contribution in [0.2, 0.25) is 0 Å². The van der Waals surface area contributed by atoms with Crippen LogP contribution in [0.15, 0.2) is 12.1 Å². The summed E-state index contributed by atoms with van der Waals surface area (Å²) in [6.07, 6.45) is -0.0906. The molecule has 0 saturated carbocycles. The number of carboxylic acids is 1. The van der Waals surface area contributed by atoms with E-state index in [2.05, 4.69) is 4.74 Å². The molecule has 6 heteroatoms. The Kier molecular flexibility index (Phi) is 4.60. The molecule has 0 aromatic heterocycles. The molecule has 0 unspecified atom stereocenters. The van der Waals surface area contributed by atoms with Crippen molar-refractivity contribution in [2.75, 3.05) is 0 Å². The van der Waals surface area contributed by atoms with Gasteiger partial charge in [-0.3, -0.25) is 4.79 Å². The van der Waals surface area contributed by atoms with Crippen molar-refractivity contribution >= 4 is 5.97 Å². The van der Waals surface area contributed by atoms with Crippen LogP contribution in [-0.2, 0) is 17.6 Å². The minimum absolute atomic E-state index is 0.129. The fourth-order valence-corrected chi connectivity index (χ4v) is 1.73. The van der Waals surface area contributed by atoms with Gasteiger partial charge in [0.05, 0.1) is 18.1 Å². The molecule has 1 aromatic carbocycles. The van der Waals surface area contributed by atoms with Crippen molar-refractivity contribution in [2.24, 2.45) is 0 Å². The Bertz CT molecular complexity index is 495. The van der Waals surface area contributed by atoms with Gasteiger partial charge in [-0.2, -0.15) is 14.0 Å². The molecule has 1 rings (SSSR count). The first kappa shape index (κ1) is 13.9. The van der Waals surface area contributed by atoms with E-state index in [1.54, 1.807) is 6.92 Å². The van der Waals surface area contributed by atoms with Gasteiger partial charge in [0.25, 0.3) is 0 Å². The Balaban J connectivity index is 3.34. The molecule has 18 heavy (non-hydrogen) atoms. The van der Waals surface area contributed by atoms with E-state index in [0.717, 1.165) is 0 Å². The number of aliphatic carboxylic acids is 1. The summed E-state index contributed by atoms with van der Waals surface area (Å²) in [5.74, 6) is -1.36. The highest BCUT2D eigenvalue weighted by Gasteiger charge is 2.18. The zero-order valence-corrected chi connectivity index (χ0v) is 9.61. The van der Waals surface area contributed by atoms with E-state index in [-0.39, 0.29) is 16.9 Å². The van der Waals surface area contributed by atoms with E-state index in [1.165, 1.54) is 12.1 Å². The lowest BCUT2D eigenvalue weighted by Gasteiger charge is -2.14. The van der Waals surface area contributed by atoms with Crippen LogP contribution < -0.4 is 4.74 Å². The van der Waals surface area contributed by atoms with Gasteiger partial charge in [-0.05, 0) is 24.1 Å². The molecule has 0 radical (unpaired) electrons. The van der Waals surface area contributed by atoms with Crippen molar-refractivity contribution in [2.45, 2.75) is 26.4 Å². The minimum atomic E-state index is -3.03. The highest BCUT2D eigenvalue weighted by atomic mass is 19.3. The Morgan fingerprint density at radius 3 is 2.61 bits per heavy atom. The van der Waals surface area contributed by atoms with Crippen LogP contribution >= 0.6 is 0 Å². The largest absolute Gasteiger partial charge is 0.481 e. The van der Waals surface area contributed by atoms with Gasteiger partial charge >= 0.3 is 12.6 Å². The molecular weight excluding hydrogens is 244 g/mol. The average molecular weight is 255 g/mol. The standard InChI is InChI=1S/C12H11F2NO3/c1-2-8-7(6-15)3-4-10(18-12(13)14)9(8)5-11(16)17/h3-4,12H,2,5H2,1H3,(H,16,17). The molecule has 1 aromatic rings. The molecule has 0 aliphatic carbocycles. The van der Waals surface area contributed by atoms with Gasteiger partial charge in [-0.1, -0.05) is 6.92 Å². The van der Waals surface area contributed by atoms with E-state index in [0.29, 0.717) is 12.0 Å². The number of alkyl halides is 2. The van der Waals surface area contributed by atoms with Crippen LogP contribution in [0, 0.1) is 11.3 Å². The molecule has 0 saturated heterocycles. The minimum Gasteiger partial charge on any atom is -0.481 e. The lowest BCUT2D eigenvalue weighted by Crippen LogP contribution is -2.11. The van der Waals surface area contributed by atoms with E-state index in [9.17, 15) is 13.6 Å². The number of nitrogens with zero attached hydrogens (tertiary/aromatic N) is 1. The maximum atomic E-state index is 12.2. The third-order valence-corrected chi connectivity index (χ3v) is 2.41. The molecule has 1 N–H and O–H groups in total. The molecule has 96 valence electrons. The lowest BCUT2D eigenvalue weighted by molar-refractivity contribution is -0.136. The third kappa shape index (κ3) is 3.17. The van der Waals surface area contributed by atoms with Gasteiger partial charge in [0.1, 0.15) is 5.75 Å². The zero-order chi connectivity index (χ0) is 13.7. The molecule has 0 fully saturated rings. The van der Waals surface area contributed by atoms with Crippen LogP contribution in [0.5, 0.6) is 5.75 Å². The first-order chi connectivity index (χ1) is 8.49. The summed E-state index contributed by atoms with van der Waals surface area (Å²) in [6, 6.07) is 4.45. The van der Waals surface area contributed by atoms with Crippen LogP contribution in [0.4, 0.5) is 8.78 Å². The van der Waals surface area contributed by atoms with E-state index in [1.807, 2.05) is 6.07 Å². The van der Waals surface area contributed by atoms with E-state index in [4.69, 9.17) is 10.4 Å². The summed E-state index contributed by atoms with van der Waals surface area (Å²) >= 11 is 0. The van der Waals surface area contributed by atoms with Crippen LogP contribution in [0.25, 0.3) is 0 Å². The van der Waals surface area contributed by atoms with Crippen LogP contribution in [-0.4, -0.2) is 17.7 Å². The number of carbonyl (C=O) groups is 1. The highest BCUT2D eigenvalue weighted by Crippen LogP contribution is 2.28. The summed E-state index contributed by atoms with van der Waals surface area (Å²) in [7, 11) is 0. The number of hydrogen-bond acceptors (Lipinski definition) is 3. The summed E-state index contributed by atoms with van der Waals surface area (Å²) < 4.78 is 28.7. The van der Waals surface area contributed by atoms with Crippen molar-refractivity contribution in [3.8, 4) is 11.8 Å². The molecule has 0 bridgehead atoms. The Hall–Kier alpha value is -2.16. The first-order valence-electron chi connectivity index (χ1n) is 5.21. The Labute approximate surface area is 102 Å².